The molecule has 0 aromatic carbocycles. The van der Waals surface area contributed by atoms with Crippen LogP contribution in [0.3, 0.4) is 0 Å². The molecule has 1 heterocycles. The summed E-state index contributed by atoms with van der Waals surface area (Å²) in [7, 11) is 0. The van der Waals surface area contributed by atoms with Gasteiger partial charge < -0.3 is 5.73 Å². The summed E-state index contributed by atoms with van der Waals surface area (Å²) < 4.78 is 0. The monoisotopic (exact) mass is 153 g/mol. The van der Waals surface area contributed by atoms with E-state index in [4.69, 9.17) is 5.73 Å². The zero-order valence-electron chi connectivity index (χ0n) is 6.57. The second-order valence-electron chi connectivity index (χ2n) is 2.44. The van der Waals surface area contributed by atoms with Gasteiger partial charge in [-0.2, -0.15) is 5.10 Å². The largest absolute Gasteiger partial charge is 0.381 e. The lowest BCUT2D eigenvalue weighted by molar-refractivity contribution is 0.831. The van der Waals surface area contributed by atoms with Gasteiger partial charge in [0.2, 0.25) is 0 Å². The average Bonchev–Trinajstić information content (AvgIpc) is 2.35. The molecule has 11 heavy (non-hydrogen) atoms. The lowest BCUT2D eigenvalue weighted by atomic mass is 10.4. The Bertz CT molecular complexity index is 235. The van der Waals surface area contributed by atoms with Crippen LogP contribution in [0.25, 0.3) is 0 Å². The molecule has 0 aliphatic rings. The maximum absolute atomic E-state index is 5.56. The molecular weight excluding hydrogens is 142 g/mol. The summed E-state index contributed by atoms with van der Waals surface area (Å²) in [6, 6.07) is 0.181. The Hall–Kier alpha value is -1.39. The van der Waals surface area contributed by atoms with Gasteiger partial charge in [0.05, 0.1) is 0 Å². The number of rotatable bonds is 2. The molecule has 0 aliphatic heterocycles. The van der Waals surface area contributed by atoms with E-state index in [1.807, 2.05) is 13.8 Å². The van der Waals surface area contributed by atoms with E-state index < -0.39 is 0 Å². The second-order valence-corrected chi connectivity index (χ2v) is 2.44. The van der Waals surface area contributed by atoms with Crippen LogP contribution in [0.5, 0.6) is 0 Å². The van der Waals surface area contributed by atoms with Crippen molar-refractivity contribution in [2.45, 2.75) is 19.9 Å². The smallest absolute Gasteiger partial charge is 0.190 e. The molecule has 3 N–H and O–H groups in total. The number of aliphatic imine (C=N–C) groups is 1. The summed E-state index contributed by atoms with van der Waals surface area (Å²) in [5, 5.41) is 6.28. The third-order valence-electron chi connectivity index (χ3n) is 1.05. The van der Waals surface area contributed by atoms with Gasteiger partial charge in [0.15, 0.2) is 11.7 Å². The predicted octanol–water partition coefficient (Wildman–Crippen LogP) is -0.0816. The lowest BCUT2D eigenvalue weighted by Gasteiger charge is -1.97. The summed E-state index contributed by atoms with van der Waals surface area (Å²) in [4.78, 5) is 7.93. The van der Waals surface area contributed by atoms with E-state index in [1.165, 1.54) is 6.33 Å². The van der Waals surface area contributed by atoms with Crippen molar-refractivity contribution in [1.82, 2.24) is 15.2 Å². The fourth-order valence-electron chi connectivity index (χ4n) is 0.668. The number of nitrogens with zero attached hydrogens (tertiary/aromatic N) is 3. The van der Waals surface area contributed by atoms with Crippen molar-refractivity contribution in [3.05, 3.63) is 12.2 Å². The topological polar surface area (TPSA) is 79.9 Å². The number of hydrogen-bond acceptors (Lipinski definition) is 3. The number of aromatic amines is 1. The first kappa shape index (κ1) is 7.71. The highest BCUT2D eigenvalue weighted by Crippen LogP contribution is 1.90. The van der Waals surface area contributed by atoms with Gasteiger partial charge in [-0.1, -0.05) is 0 Å². The Balaban J connectivity index is 2.77. The van der Waals surface area contributed by atoms with Crippen LogP contribution in [0.2, 0.25) is 0 Å². The highest BCUT2D eigenvalue weighted by molar-refractivity contribution is 5.93. The second kappa shape index (κ2) is 3.14. The van der Waals surface area contributed by atoms with Gasteiger partial charge in [0.1, 0.15) is 6.33 Å². The maximum Gasteiger partial charge on any atom is 0.190 e. The third-order valence-corrected chi connectivity index (χ3v) is 1.05. The van der Waals surface area contributed by atoms with Gasteiger partial charge in [-0.15, -0.1) is 0 Å². The molecule has 0 radical (unpaired) electrons. The van der Waals surface area contributed by atoms with Crippen molar-refractivity contribution in [3.63, 3.8) is 0 Å². The van der Waals surface area contributed by atoms with Crippen LogP contribution in [0.15, 0.2) is 11.3 Å². The molecule has 0 bridgehead atoms. The number of nitrogens with two attached hydrogens (primary N) is 1. The molecule has 0 saturated heterocycles. The van der Waals surface area contributed by atoms with E-state index in [0.717, 1.165) is 0 Å². The Morgan fingerprint density at radius 3 is 2.91 bits per heavy atom. The molecule has 1 aromatic rings. The van der Waals surface area contributed by atoms with E-state index in [1.54, 1.807) is 0 Å². The van der Waals surface area contributed by atoms with Crippen molar-refractivity contribution < 1.29 is 0 Å². The first-order valence-electron chi connectivity index (χ1n) is 3.39. The van der Waals surface area contributed by atoms with E-state index in [9.17, 15) is 0 Å². The summed E-state index contributed by atoms with van der Waals surface area (Å²) in [6.07, 6.45) is 1.40. The SMILES string of the molecule is CC(C)N=C(N)c1ncn[nH]1. The fraction of sp³-hybridized carbons (Fsp3) is 0.500. The molecule has 0 saturated carbocycles. The summed E-state index contributed by atoms with van der Waals surface area (Å²) in [5.74, 6) is 0.927. The van der Waals surface area contributed by atoms with Crippen LogP contribution >= 0.6 is 0 Å². The quantitative estimate of drug-likeness (QED) is 0.460. The summed E-state index contributed by atoms with van der Waals surface area (Å²) in [6.45, 7) is 3.90. The summed E-state index contributed by atoms with van der Waals surface area (Å²) in [5.41, 5.74) is 5.56. The predicted molar refractivity (Wildman–Crippen MR) is 42.2 cm³/mol. The molecule has 5 nitrogen and oxygen atoms in total. The molecule has 5 heteroatoms. The minimum atomic E-state index is 0.181. The van der Waals surface area contributed by atoms with Crippen LogP contribution in [-0.2, 0) is 0 Å². The Kier molecular flexibility index (Phi) is 2.20. The van der Waals surface area contributed by atoms with Crippen molar-refractivity contribution >= 4 is 5.84 Å². The first-order valence-corrected chi connectivity index (χ1v) is 3.39. The molecular formula is C6H11N5. The Labute approximate surface area is 64.7 Å². The zero-order valence-corrected chi connectivity index (χ0v) is 6.57. The number of nitrogens with one attached hydrogen (secondary N) is 1. The molecule has 0 amide bonds. The van der Waals surface area contributed by atoms with Crippen LogP contribution in [-0.4, -0.2) is 27.1 Å². The van der Waals surface area contributed by atoms with E-state index in [2.05, 4.69) is 20.2 Å². The molecule has 60 valence electrons. The first-order chi connectivity index (χ1) is 5.20. The Morgan fingerprint density at radius 2 is 2.45 bits per heavy atom. The minimum Gasteiger partial charge on any atom is -0.381 e. The van der Waals surface area contributed by atoms with Crippen LogP contribution < -0.4 is 5.73 Å². The summed E-state index contributed by atoms with van der Waals surface area (Å²) >= 11 is 0. The van der Waals surface area contributed by atoms with Gasteiger partial charge in [-0.25, -0.2) is 4.98 Å². The number of H-pyrrole nitrogens is 1. The van der Waals surface area contributed by atoms with Crippen LogP contribution in [0.4, 0.5) is 0 Å². The van der Waals surface area contributed by atoms with Gasteiger partial charge in [0.25, 0.3) is 0 Å². The van der Waals surface area contributed by atoms with Gasteiger partial charge in [-0.05, 0) is 13.8 Å². The lowest BCUT2D eigenvalue weighted by Crippen LogP contribution is -2.17. The molecule has 1 aromatic heterocycles. The normalized spacial score (nSPS) is 12.5. The Morgan fingerprint density at radius 1 is 1.73 bits per heavy atom. The third kappa shape index (κ3) is 2.03. The van der Waals surface area contributed by atoms with Crippen molar-refractivity contribution in [2.24, 2.45) is 10.7 Å². The van der Waals surface area contributed by atoms with Gasteiger partial charge >= 0.3 is 0 Å². The van der Waals surface area contributed by atoms with Gasteiger partial charge in [-0.3, -0.25) is 10.1 Å². The van der Waals surface area contributed by atoms with E-state index >= 15 is 0 Å². The van der Waals surface area contributed by atoms with E-state index in [0.29, 0.717) is 11.7 Å². The van der Waals surface area contributed by atoms with Crippen molar-refractivity contribution in [1.29, 1.82) is 0 Å². The number of hydrogen-bond donors (Lipinski definition) is 2. The molecule has 0 fully saturated rings. The van der Waals surface area contributed by atoms with Crippen LogP contribution in [0.1, 0.15) is 19.7 Å². The molecule has 0 aliphatic carbocycles. The molecule has 0 unspecified atom stereocenters. The molecule has 1 rings (SSSR count). The average molecular weight is 153 g/mol. The minimum absolute atomic E-state index is 0.181. The number of aromatic nitrogens is 3. The standard InChI is InChI=1S/C6H11N5/c1-4(2)10-5(7)6-8-3-9-11-6/h3-4H,1-2H3,(H2,7,10)(H,8,9,11). The van der Waals surface area contributed by atoms with Crippen molar-refractivity contribution in [3.8, 4) is 0 Å². The highest BCUT2D eigenvalue weighted by Gasteiger charge is 2.00. The molecule has 0 atom stereocenters. The molecule has 0 spiro atoms. The van der Waals surface area contributed by atoms with Crippen LogP contribution in [0, 0.1) is 0 Å². The van der Waals surface area contributed by atoms with E-state index in [-0.39, 0.29) is 6.04 Å². The zero-order chi connectivity index (χ0) is 8.27. The fourth-order valence-corrected chi connectivity index (χ4v) is 0.668. The maximum atomic E-state index is 5.56. The van der Waals surface area contributed by atoms with Gasteiger partial charge in [0, 0.05) is 6.04 Å². The number of amidine groups is 1. The van der Waals surface area contributed by atoms with Crippen molar-refractivity contribution in [2.75, 3.05) is 0 Å². The highest BCUT2D eigenvalue weighted by atomic mass is 15.2.